The quantitative estimate of drug-likeness (QED) is 0.0567. The van der Waals surface area contributed by atoms with Crippen molar-refractivity contribution in [2.24, 2.45) is 0 Å². The van der Waals surface area contributed by atoms with Crippen molar-refractivity contribution in [1.29, 1.82) is 0 Å². The first-order chi connectivity index (χ1) is 20.6. The molecule has 2 N–H and O–H groups in total. The maximum atomic E-state index is 13.4. The molecule has 0 fully saturated rings. The van der Waals surface area contributed by atoms with E-state index in [1.54, 1.807) is 19.2 Å². The van der Waals surface area contributed by atoms with Crippen molar-refractivity contribution in [3.05, 3.63) is 102 Å². The number of rotatable bonds is 10. The van der Waals surface area contributed by atoms with Crippen LogP contribution in [-0.2, 0) is 17.3 Å². The van der Waals surface area contributed by atoms with Crippen molar-refractivity contribution in [2.75, 3.05) is 38.7 Å². The normalized spacial score (nSPS) is 11.8. The molecule has 0 aliphatic heterocycles. The number of ether oxygens (including phenoxy) is 2. The second kappa shape index (κ2) is 19.2. The maximum Gasteiger partial charge on any atom is -0.0623 e. The Labute approximate surface area is 276 Å². The van der Waals surface area contributed by atoms with Gasteiger partial charge in [0, 0.05) is 17.1 Å². The van der Waals surface area contributed by atoms with Gasteiger partial charge in [-0.3, -0.25) is 0 Å². The van der Waals surface area contributed by atoms with E-state index in [-0.39, 0.29) is 12.4 Å². The van der Waals surface area contributed by atoms with Gasteiger partial charge < -0.3 is 33.3 Å². The van der Waals surface area contributed by atoms with Crippen molar-refractivity contribution >= 4 is 51.5 Å². The van der Waals surface area contributed by atoms with Gasteiger partial charge in [-0.05, 0) is 30.7 Å². The van der Waals surface area contributed by atoms with Crippen LogP contribution in [0.25, 0.3) is 22.0 Å². The summed E-state index contributed by atoms with van der Waals surface area (Å²) in [6.45, 7) is 1.96. The molecule has 0 radical (unpaired) electrons. The zero-order chi connectivity index (χ0) is 33.3. The third kappa shape index (κ3) is 20.3. The van der Waals surface area contributed by atoms with Crippen LogP contribution in [0.3, 0.4) is 0 Å². The van der Waals surface area contributed by atoms with Crippen LogP contribution in [0.15, 0.2) is 73.1 Å². The SMILES string of the molecule is COc1cc2ncnc(Nc3ccc(F)c(Cl)c3)c2cc1OCCC[N-]CC[NH-].F[P-](F)(F)(F)(F)F.[CH3-].[Cl][Ru+3].c1ccccc1. The molecular weight excluding hydrogens is 762 g/mol. The summed E-state index contributed by atoms with van der Waals surface area (Å²) in [5.41, 5.74) is 8.36. The van der Waals surface area contributed by atoms with Crippen molar-refractivity contribution < 1.29 is 56.4 Å². The molecule has 4 aromatic rings. The summed E-state index contributed by atoms with van der Waals surface area (Å²) in [7, 11) is -4.52. The summed E-state index contributed by atoms with van der Waals surface area (Å²) >= 11 is 7.69. The summed E-state index contributed by atoms with van der Waals surface area (Å²) in [5.74, 6) is 1.18. The maximum absolute atomic E-state index is 13.4. The molecule has 0 aliphatic rings. The summed E-state index contributed by atoms with van der Waals surface area (Å²) in [5, 5.41) is 8.11. The van der Waals surface area contributed by atoms with Gasteiger partial charge in [0.05, 0.1) is 24.3 Å². The van der Waals surface area contributed by atoms with Crippen molar-refractivity contribution in [3.63, 3.8) is 0 Å². The minimum atomic E-state index is -10.7. The van der Waals surface area contributed by atoms with Crippen LogP contribution < -0.4 is 14.8 Å². The van der Waals surface area contributed by atoms with Crippen molar-refractivity contribution in [3.8, 4) is 11.5 Å². The van der Waals surface area contributed by atoms with Crippen LogP contribution >= 0.6 is 29.1 Å². The number of methoxy groups -OCH3 is 1. The topological polar surface area (TPSA) is 94.2 Å². The number of halogens is 9. The monoisotopic (exact) mass is 792 g/mol. The Morgan fingerprint density at radius 1 is 0.911 bits per heavy atom. The zero-order valence-electron chi connectivity index (χ0n) is 23.8. The Balaban J connectivity index is 0.000001000. The van der Waals surface area contributed by atoms with Gasteiger partial charge in [0.25, 0.3) is 0 Å². The van der Waals surface area contributed by atoms with Crippen LogP contribution in [-0.4, -0.2) is 43.3 Å². The average molecular weight is 793 g/mol. The fraction of sp³-hybridized carbons (Fsp3) is 0.222. The third-order valence-corrected chi connectivity index (χ3v) is 5.05. The largest absolute Gasteiger partial charge is 0.0623 e. The number of nitrogens with zero attached hydrogens (tertiary/aromatic N) is 3. The van der Waals surface area contributed by atoms with E-state index in [1.807, 2.05) is 59.8 Å². The van der Waals surface area contributed by atoms with Crippen LogP contribution in [0.5, 0.6) is 11.5 Å². The van der Waals surface area contributed by atoms with E-state index in [0.29, 0.717) is 54.8 Å². The predicted octanol–water partition coefficient (Wildman–Crippen LogP) is 11.6. The Morgan fingerprint density at radius 3 is 2.00 bits per heavy atom. The Kier molecular flexibility index (Phi) is 18.1. The van der Waals surface area contributed by atoms with E-state index < -0.39 is 13.6 Å². The fourth-order valence-electron chi connectivity index (χ4n) is 3.08. The van der Waals surface area contributed by atoms with Gasteiger partial charge in [0.2, 0.25) is 0 Å². The number of nitrogens with one attached hydrogen (secondary N) is 2. The molecule has 0 atom stereocenters. The fourth-order valence-corrected chi connectivity index (χ4v) is 3.26. The molecule has 4 rings (SSSR count). The van der Waals surface area contributed by atoms with Crippen molar-refractivity contribution in [2.45, 2.75) is 6.42 Å². The summed E-state index contributed by atoms with van der Waals surface area (Å²) in [6, 6.07) is 19.9. The van der Waals surface area contributed by atoms with E-state index >= 15 is 0 Å². The number of fused-ring (bicyclic) bond motifs is 1. The van der Waals surface area contributed by atoms with Crippen molar-refractivity contribution in [1.82, 2.24) is 9.97 Å². The molecule has 252 valence electrons. The van der Waals surface area contributed by atoms with Gasteiger partial charge in [-0.15, -0.1) is 6.54 Å². The Bertz CT molecular complexity index is 1390. The molecule has 0 saturated carbocycles. The molecule has 0 bridgehead atoms. The Morgan fingerprint density at radius 2 is 1.49 bits per heavy atom. The van der Waals surface area contributed by atoms with Crippen LogP contribution in [0.4, 0.5) is 41.1 Å². The molecule has 45 heavy (non-hydrogen) atoms. The minimum absolute atomic E-state index is 0. The van der Waals surface area contributed by atoms with Crippen LogP contribution in [0.1, 0.15) is 6.42 Å². The van der Waals surface area contributed by atoms with Gasteiger partial charge in [-0.1, -0.05) is 48.0 Å². The van der Waals surface area contributed by atoms with Gasteiger partial charge >= 0.3 is 60.0 Å². The molecule has 0 unspecified atom stereocenters. The number of anilines is 2. The van der Waals surface area contributed by atoms with E-state index in [9.17, 15) is 29.6 Å². The third-order valence-electron chi connectivity index (χ3n) is 4.76. The first-order valence-electron chi connectivity index (χ1n) is 12.2. The molecule has 3 aromatic carbocycles. The average Bonchev–Trinajstić information content (AvgIpc) is 2.97. The summed E-state index contributed by atoms with van der Waals surface area (Å²) < 4.78 is 83.9. The molecule has 0 spiro atoms. The molecule has 0 amide bonds. The van der Waals surface area contributed by atoms with E-state index in [1.165, 1.54) is 18.5 Å². The molecular formula is C27H30Cl2F7N5O2PRu-. The number of benzene rings is 3. The van der Waals surface area contributed by atoms with E-state index in [0.717, 1.165) is 11.8 Å². The standard InChI is InChI=1S/C20H21ClFN5O2.C6H6.CH3.ClH.F6P.Ru/c1-28-18-11-17-14(10-19(18)29-8-2-6-24-7-5-23)20(26-12-25-17)27-13-3-4-16(22)15(21)9-13;1-2-4-6-5-3-1;;;1-7(2,3,4,5)6;/h3-4,9-12,23H,2,5-8H2,1H3,(H,25,26,27);1-6H;1H3;1H;;/q-2;;-1;;-1;+4/p-1. The van der Waals surface area contributed by atoms with Gasteiger partial charge in [-0.25, -0.2) is 14.4 Å². The van der Waals surface area contributed by atoms with E-state index in [2.05, 4.69) is 30.3 Å². The predicted molar refractivity (Wildman–Crippen MR) is 165 cm³/mol. The molecule has 7 nitrogen and oxygen atoms in total. The second-order valence-electron chi connectivity index (χ2n) is 8.23. The zero-order valence-corrected chi connectivity index (χ0v) is 28.0. The first-order valence-corrected chi connectivity index (χ1v) is 16.9. The first kappa shape index (κ1) is 42.5. The number of hydrogen-bond donors (Lipinski definition) is 1. The van der Waals surface area contributed by atoms with E-state index in [4.69, 9.17) is 26.8 Å². The molecule has 0 saturated heterocycles. The van der Waals surface area contributed by atoms with Gasteiger partial charge in [-0.2, -0.15) is 13.1 Å². The molecule has 1 heterocycles. The van der Waals surface area contributed by atoms with Crippen LogP contribution in [0.2, 0.25) is 5.02 Å². The van der Waals surface area contributed by atoms with Gasteiger partial charge in [0.15, 0.2) is 11.5 Å². The molecule has 0 aliphatic carbocycles. The number of aromatic nitrogens is 2. The number of hydrogen-bond acceptors (Lipinski definition) is 5. The molecule has 1 aromatic heterocycles. The smallest absolute Gasteiger partial charge is 0.0623 e. The minimum Gasteiger partial charge on any atom is -0.0623 e. The summed E-state index contributed by atoms with van der Waals surface area (Å²) in [6.07, 6.45) is 2.18. The van der Waals surface area contributed by atoms with Crippen LogP contribution in [0, 0.1) is 13.2 Å². The second-order valence-corrected chi connectivity index (χ2v) is 10.6. The molecule has 18 heteroatoms. The summed E-state index contributed by atoms with van der Waals surface area (Å²) in [4.78, 5) is 8.58. The van der Waals surface area contributed by atoms with Gasteiger partial charge in [0.1, 0.15) is 18.0 Å². The Hall–Kier alpha value is -2.54.